The average molecular weight is 1030 g/mol. The van der Waals surface area contributed by atoms with Crippen molar-refractivity contribution in [3.8, 4) is 5.75 Å². The Morgan fingerprint density at radius 3 is 2.10 bits per heavy atom. The monoisotopic (exact) mass is 1030 g/mol. The van der Waals surface area contributed by atoms with Gasteiger partial charge >= 0.3 is 24.1 Å². The molecule has 1 aromatic carbocycles. The van der Waals surface area contributed by atoms with Crippen LogP contribution >= 0.6 is 30.1 Å². The Morgan fingerprint density at radius 2 is 1.46 bits per heavy atom. The predicted octanol–water partition coefficient (Wildman–Crippen LogP) is 14.1. The fourth-order valence-electron chi connectivity index (χ4n) is 10.1. The van der Waals surface area contributed by atoms with Gasteiger partial charge in [-0.1, -0.05) is 47.4 Å². The molecule has 20 heteroatoms. The number of aryl methyl sites for hydroxylation is 1. The summed E-state index contributed by atoms with van der Waals surface area (Å²) in [5.41, 5.74) is -3.64. The molecule has 0 aliphatic heterocycles. The Balaban J connectivity index is 1.14. The van der Waals surface area contributed by atoms with Gasteiger partial charge in [0, 0.05) is 35.7 Å². The molecule has 8 nitrogen and oxygen atoms in total. The van der Waals surface area contributed by atoms with Crippen molar-refractivity contribution in [1.82, 2.24) is 9.57 Å². The lowest BCUT2D eigenvalue weighted by Gasteiger charge is -2.50. The summed E-state index contributed by atoms with van der Waals surface area (Å²) in [6.45, 7) is 22.6. The minimum absolute atomic E-state index is 0.0541. The summed E-state index contributed by atoms with van der Waals surface area (Å²) in [5.74, 6) is 3.32. The van der Waals surface area contributed by atoms with E-state index in [9.17, 15) is 39.5 Å². The summed E-state index contributed by atoms with van der Waals surface area (Å²) in [4.78, 5) is 4.71. The molecule has 4 rings (SSSR count). The van der Waals surface area contributed by atoms with Crippen molar-refractivity contribution in [3.05, 3.63) is 40.7 Å². The maximum absolute atomic E-state index is 13.2. The SMILES string of the molecule is [C-]#[N+]CCOP(OCCCCCCSSC(C)(C)CCOc1ccc2c(c1)CCC1C2CC[C@@]2(C)C1CC[C@@H]2OCCN(C)CCOC(C(F)(F)F)(C(F)(F)F)C(F)(F)F)N(C(C)C)C(C)C. The van der Waals surface area contributed by atoms with Gasteiger partial charge in [-0.2, -0.15) is 39.5 Å². The first-order valence-corrected chi connectivity index (χ1v) is 27.1. The van der Waals surface area contributed by atoms with Crippen LogP contribution in [0.1, 0.15) is 130 Å². The van der Waals surface area contributed by atoms with Crippen molar-refractivity contribution in [2.45, 2.75) is 172 Å². The second kappa shape index (κ2) is 25.4. The van der Waals surface area contributed by atoms with Crippen LogP contribution in [-0.4, -0.2) is 122 Å². The van der Waals surface area contributed by atoms with E-state index in [2.05, 4.69) is 80.9 Å². The van der Waals surface area contributed by atoms with Gasteiger partial charge in [0.15, 0.2) is 0 Å². The Kier molecular flexibility index (Phi) is 22.1. The van der Waals surface area contributed by atoms with Crippen LogP contribution < -0.4 is 4.74 Å². The van der Waals surface area contributed by atoms with Crippen molar-refractivity contribution in [1.29, 1.82) is 0 Å². The normalized spacial score (nSPS) is 23.2. The van der Waals surface area contributed by atoms with Crippen LogP contribution in [0.5, 0.6) is 5.75 Å². The molecule has 0 saturated heterocycles. The first-order chi connectivity index (χ1) is 31.3. The molecule has 386 valence electrons. The highest BCUT2D eigenvalue weighted by molar-refractivity contribution is 8.77. The predicted molar refractivity (Wildman–Crippen MR) is 250 cm³/mol. The largest absolute Gasteiger partial charge is 0.494 e. The standard InChI is InChI=1S/C47H73F9N3O5PS2/c1-33(2)59(34(3)4)65(64-28-23-57-8)63-26-12-10-11-13-31-66-67-42(5,6)22-27-60-36-15-17-37-35(32-36)14-16-39-38(37)20-21-43(7)40(39)18-19-41(43)61-29-24-58(9)25-30-62-44(45(48,49)50,46(51,52)53)47(54,55)56/h15,17,32-34,38-41H,10-14,16,18-31H2,1-7,9H3/t38?,39?,40?,41-,43-,65?/m0/s1. The lowest BCUT2D eigenvalue weighted by molar-refractivity contribution is -0.457. The van der Waals surface area contributed by atoms with E-state index >= 15 is 0 Å². The topological polar surface area (TPSA) is 57.0 Å². The number of hydrogen-bond donors (Lipinski definition) is 0. The number of hydrogen-bond acceptors (Lipinski definition) is 9. The molecule has 0 amide bonds. The van der Waals surface area contributed by atoms with Crippen molar-refractivity contribution in [2.24, 2.45) is 17.3 Å². The first-order valence-electron chi connectivity index (χ1n) is 23.7. The quantitative estimate of drug-likeness (QED) is 0.0269. The van der Waals surface area contributed by atoms with Crippen molar-refractivity contribution < 1.29 is 62.8 Å². The molecule has 0 radical (unpaired) electrons. The summed E-state index contributed by atoms with van der Waals surface area (Å²) in [5, 5.41) is 0. The summed E-state index contributed by atoms with van der Waals surface area (Å²) in [6, 6.07) is 7.14. The Bertz CT molecular complexity index is 1660. The van der Waals surface area contributed by atoms with E-state index in [1.807, 2.05) is 21.6 Å². The zero-order valence-corrected chi connectivity index (χ0v) is 42.9. The molecule has 0 aromatic heterocycles. The third-order valence-corrected chi connectivity index (χ3v) is 19.2. The van der Waals surface area contributed by atoms with Crippen LogP contribution in [-0.2, 0) is 24.9 Å². The van der Waals surface area contributed by atoms with Gasteiger partial charge < -0.3 is 33.0 Å². The number of ether oxygens (including phenoxy) is 3. The Hall–Kier alpha value is -1.23. The number of likely N-dealkylation sites (N-methyl/N-ethyl adjacent to an activating group) is 1. The molecule has 4 unspecified atom stereocenters. The van der Waals surface area contributed by atoms with Crippen LogP contribution in [0, 0.1) is 23.8 Å². The maximum Gasteiger partial charge on any atom is 0.435 e. The lowest BCUT2D eigenvalue weighted by Crippen LogP contribution is -2.68. The van der Waals surface area contributed by atoms with E-state index in [0.29, 0.717) is 56.2 Å². The molecule has 0 spiro atoms. The summed E-state index contributed by atoms with van der Waals surface area (Å²) in [7, 11) is 4.04. The van der Waals surface area contributed by atoms with Crippen LogP contribution in [0.3, 0.4) is 0 Å². The zero-order chi connectivity index (χ0) is 49.8. The van der Waals surface area contributed by atoms with Crippen molar-refractivity contribution >= 4 is 30.1 Å². The molecule has 2 saturated carbocycles. The van der Waals surface area contributed by atoms with Crippen LogP contribution in [0.2, 0.25) is 0 Å². The lowest BCUT2D eigenvalue weighted by atomic mass is 9.55. The minimum Gasteiger partial charge on any atom is -0.494 e. The number of alkyl halides is 9. The highest BCUT2D eigenvalue weighted by Gasteiger charge is 2.85. The fourth-order valence-corrected chi connectivity index (χ4v) is 14.5. The number of unbranched alkanes of at least 4 members (excludes halogenated alkanes) is 3. The molecule has 0 bridgehead atoms. The van der Waals surface area contributed by atoms with E-state index in [-0.39, 0.29) is 29.4 Å². The van der Waals surface area contributed by atoms with E-state index in [4.69, 9.17) is 25.1 Å². The third-order valence-electron chi connectivity index (χ3n) is 13.6. The van der Waals surface area contributed by atoms with E-state index in [0.717, 1.165) is 82.1 Å². The minimum atomic E-state index is -6.75. The summed E-state index contributed by atoms with van der Waals surface area (Å²) in [6.07, 6.45) is -9.28. The van der Waals surface area contributed by atoms with Gasteiger partial charge in [-0.15, -0.1) is 0 Å². The summed E-state index contributed by atoms with van der Waals surface area (Å²) >= 11 is 0. The maximum atomic E-state index is 13.2. The van der Waals surface area contributed by atoms with Gasteiger partial charge in [0.2, 0.25) is 6.54 Å². The van der Waals surface area contributed by atoms with Gasteiger partial charge in [-0.25, -0.2) is 11.2 Å². The number of halogens is 9. The van der Waals surface area contributed by atoms with Crippen molar-refractivity contribution in [3.63, 3.8) is 0 Å². The summed E-state index contributed by atoms with van der Waals surface area (Å²) < 4.78 is 150. The molecule has 1 aromatic rings. The third kappa shape index (κ3) is 15.4. The smallest absolute Gasteiger partial charge is 0.435 e. The second-order valence-corrected chi connectivity index (χ2v) is 24.2. The van der Waals surface area contributed by atoms with E-state index < -0.39 is 45.8 Å². The van der Waals surface area contributed by atoms with Gasteiger partial charge in [-0.05, 0) is 153 Å². The Labute approximate surface area is 402 Å². The molecule has 3 aliphatic rings. The van der Waals surface area contributed by atoms with Gasteiger partial charge in [0.25, 0.3) is 8.53 Å². The molecular weight excluding hydrogens is 953 g/mol. The molecule has 3 aliphatic carbocycles. The van der Waals surface area contributed by atoms with Gasteiger partial charge in [0.1, 0.15) is 12.4 Å². The van der Waals surface area contributed by atoms with E-state index in [1.54, 1.807) is 0 Å². The number of fused-ring (bicyclic) bond motifs is 5. The van der Waals surface area contributed by atoms with Crippen molar-refractivity contribution in [2.75, 3.05) is 65.5 Å². The fraction of sp³-hybridized carbons (Fsp3) is 0.851. The zero-order valence-electron chi connectivity index (χ0n) is 40.4. The molecule has 6 atom stereocenters. The number of benzene rings is 1. The molecular formula is C47H73F9N3O5PS2. The van der Waals surface area contributed by atoms with Gasteiger partial charge in [0.05, 0.1) is 32.5 Å². The molecule has 0 N–H and O–H groups in total. The van der Waals surface area contributed by atoms with Gasteiger partial charge in [-0.3, -0.25) is 0 Å². The van der Waals surface area contributed by atoms with Crippen LogP contribution in [0.4, 0.5) is 39.5 Å². The van der Waals surface area contributed by atoms with Crippen LogP contribution in [0.25, 0.3) is 4.85 Å². The van der Waals surface area contributed by atoms with E-state index in [1.165, 1.54) is 23.1 Å². The average Bonchev–Trinajstić information content (AvgIpc) is 3.55. The highest BCUT2D eigenvalue weighted by atomic mass is 33.1. The number of rotatable bonds is 28. The highest BCUT2D eigenvalue weighted by Crippen LogP contribution is 2.62. The molecule has 67 heavy (non-hydrogen) atoms. The first kappa shape index (κ1) is 58.3. The Morgan fingerprint density at radius 1 is 0.821 bits per heavy atom. The molecule has 2 fully saturated rings. The molecule has 0 heterocycles. The van der Waals surface area contributed by atoms with Crippen LogP contribution in [0.15, 0.2) is 18.2 Å². The second-order valence-electron chi connectivity index (χ2n) is 19.6. The number of nitrogens with zero attached hydrogens (tertiary/aromatic N) is 3.